The summed E-state index contributed by atoms with van der Waals surface area (Å²) in [6, 6.07) is 78.8. The molecule has 0 fully saturated rings. The summed E-state index contributed by atoms with van der Waals surface area (Å²) in [4.78, 5) is 0. The van der Waals surface area contributed by atoms with Crippen molar-refractivity contribution < 1.29 is 37.9 Å². The Labute approximate surface area is 826 Å². The van der Waals surface area contributed by atoms with Gasteiger partial charge in [-0.2, -0.15) is 10.5 Å². The van der Waals surface area contributed by atoms with Gasteiger partial charge in [0, 0.05) is 70.8 Å². The van der Waals surface area contributed by atoms with Gasteiger partial charge in [0.2, 0.25) is 0 Å². The Bertz CT molecular complexity index is 5670. The fourth-order valence-corrected chi connectivity index (χ4v) is 16.1. The van der Waals surface area contributed by atoms with Gasteiger partial charge in [0.15, 0.2) is 0 Å². The van der Waals surface area contributed by atoms with E-state index in [1.54, 1.807) is 12.1 Å². The van der Waals surface area contributed by atoms with Crippen molar-refractivity contribution in [2.45, 2.75) is 261 Å². The lowest BCUT2D eigenvalue weighted by Gasteiger charge is -2.15. The van der Waals surface area contributed by atoms with Gasteiger partial charge >= 0.3 is 0 Å². The van der Waals surface area contributed by atoms with E-state index >= 15 is 0 Å². The molecule has 0 aromatic heterocycles. The Hall–Kier alpha value is -13.8. The van der Waals surface area contributed by atoms with E-state index in [2.05, 4.69) is 272 Å². The topological polar surface area (TPSA) is 121 Å². The quantitative estimate of drug-likeness (QED) is 0.0269. The first-order valence-corrected chi connectivity index (χ1v) is 51.4. The van der Waals surface area contributed by atoms with Crippen LogP contribution in [0.4, 0.5) is 0 Å². The third kappa shape index (κ3) is 34.4. The van der Waals surface area contributed by atoms with Crippen LogP contribution in [0.5, 0.6) is 46.0 Å². The predicted molar refractivity (Wildman–Crippen MR) is 569 cm³/mol. The lowest BCUT2D eigenvalue weighted by molar-refractivity contribution is 0.295. The molecular formula is C128H140N2O8. The molecule has 0 unspecified atom stereocenters. The van der Waals surface area contributed by atoms with Gasteiger partial charge in [0.1, 0.15) is 58.1 Å². The average Bonchev–Trinajstić information content (AvgIpc) is 0.828. The Morgan fingerprint density at radius 2 is 0.326 bits per heavy atom. The van der Waals surface area contributed by atoms with Gasteiger partial charge in [-0.05, 0) is 144 Å². The Morgan fingerprint density at radius 1 is 0.159 bits per heavy atom. The Balaban J connectivity index is 0.995. The lowest BCUT2D eigenvalue weighted by Crippen LogP contribution is -2.04. The number of benzene rings is 11. The van der Waals surface area contributed by atoms with Crippen LogP contribution in [0.25, 0.3) is 44.5 Å². The van der Waals surface area contributed by atoms with E-state index in [9.17, 15) is 10.5 Å². The van der Waals surface area contributed by atoms with Crippen molar-refractivity contribution >= 4 is 0 Å². The van der Waals surface area contributed by atoms with Crippen LogP contribution >= 0.6 is 0 Å². The largest absolute Gasteiger partial charge is 0.492 e. The number of hydrogen-bond acceptors (Lipinski definition) is 10. The van der Waals surface area contributed by atoms with Crippen LogP contribution in [0, 0.1) is 93.7 Å². The summed E-state index contributed by atoms with van der Waals surface area (Å²) >= 11 is 0. The van der Waals surface area contributed by atoms with Crippen LogP contribution < -0.4 is 37.9 Å². The number of unbranched alkanes of at least 4 members (excludes halogenated alkanes) is 24. The first kappa shape index (κ1) is 105. The summed E-state index contributed by atoms with van der Waals surface area (Å²) in [6.07, 6.45) is 32.5. The van der Waals surface area contributed by atoms with Crippen LogP contribution in [-0.4, -0.2) is 52.9 Å². The average molecular weight is 1830 g/mol. The molecule has 11 aromatic rings. The standard InChI is InChI=1S/C128H140N2O8/c1-9-17-25-45-73-131-121-93-111(123(133-75-47-27-19-11-3)89-107(121)63-61-99-81-115(101-53-37-33-38-54-101)87-116(82-99)102-55-39-34-40-56-102)69-71-113-95-125(135-77-49-29-21-13-5)109(91-127(113)137-79-51-31-23-15-7)67-65-105-85-120(98-130)106(86-119(105)97-129)66-68-110-92-128(138-80-52-32-24-16-8)114(96-126(110)136-78-50-30-22-14-6)72-70-112-94-122(132-74-46-26-18-10-2)108(90-124(112)134-76-48-28-20-12-4)64-62-100-83-117(103-57-41-35-42-58-103)88-118(84-100)104-59-43-36-44-60-104/h33-44,53-60,81-96H,9-32,45-52,73-80H2,1-8H3. The molecule has 138 heavy (non-hydrogen) atoms. The second kappa shape index (κ2) is 60.6. The molecule has 0 aliphatic carbocycles. The molecular weight excluding hydrogens is 1690 g/mol. The fraction of sp³-hybridized carbons (Fsp3) is 0.375. The molecule has 0 aliphatic heterocycles. The van der Waals surface area contributed by atoms with Gasteiger partial charge in [-0.1, -0.05) is 402 Å². The molecule has 0 amide bonds. The number of nitrogens with zero attached hydrogens (tertiary/aromatic N) is 2. The van der Waals surface area contributed by atoms with E-state index in [-0.39, 0.29) is 11.1 Å². The Kier molecular flexibility index (Phi) is 45.9. The maximum absolute atomic E-state index is 11.2. The van der Waals surface area contributed by atoms with E-state index in [4.69, 9.17) is 37.9 Å². The number of ether oxygens (including phenoxy) is 8. The van der Waals surface area contributed by atoms with Crippen LogP contribution in [0.3, 0.4) is 0 Å². The molecule has 0 N–H and O–H groups in total. The predicted octanol–water partition coefficient (Wildman–Crippen LogP) is 32.2. The van der Waals surface area contributed by atoms with Crippen LogP contribution in [0.2, 0.25) is 0 Å². The molecule has 710 valence electrons. The molecule has 0 aliphatic rings. The Morgan fingerprint density at radius 3 is 0.493 bits per heavy atom. The highest BCUT2D eigenvalue weighted by Gasteiger charge is 2.20. The minimum Gasteiger partial charge on any atom is -0.492 e. The van der Waals surface area contributed by atoms with Gasteiger partial charge in [-0.15, -0.1) is 0 Å². The van der Waals surface area contributed by atoms with E-state index in [1.807, 2.05) is 72.8 Å². The normalized spacial score (nSPS) is 10.5. The lowest BCUT2D eigenvalue weighted by atomic mass is 9.96. The number of hydrogen-bond donors (Lipinski definition) is 0. The molecule has 0 spiro atoms. The molecule has 10 nitrogen and oxygen atoms in total. The van der Waals surface area contributed by atoms with Gasteiger partial charge in [-0.3, -0.25) is 0 Å². The van der Waals surface area contributed by atoms with Gasteiger partial charge in [0.25, 0.3) is 0 Å². The van der Waals surface area contributed by atoms with Gasteiger partial charge in [-0.25, -0.2) is 0 Å². The van der Waals surface area contributed by atoms with Crippen molar-refractivity contribution in [2.75, 3.05) is 52.9 Å². The van der Waals surface area contributed by atoms with Crippen LogP contribution in [0.1, 0.15) is 339 Å². The molecule has 11 rings (SSSR count). The first-order valence-electron chi connectivity index (χ1n) is 51.4. The minimum atomic E-state index is 0.247. The highest BCUT2D eigenvalue weighted by molar-refractivity contribution is 5.78. The zero-order valence-electron chi connectivity index (χ0n) is 83.2. The highest BCUT2D eigenvalue weighted by Crippen LogP contribution is 2.38. The van der Waals surface area contributed by atoms with Crippen molar-refractivity contribution in [3.05, 3.63) is 296 Å². The zero-order valence-corrected chi connectivity index (χ0v) is 83.2. The zero-order chi connectivity index (χ0) is 96.6. The van der Waals surface area contributed by atoms with Gasteiger partial charge < -0.3 is 37.9 Å². The summed E-state index contributed by atoms with van der Waals surface area (Å²) < 4.78 is 54.4. The van der Waals surface area contributed by atoms with Crippen molar-refractivity contribution in [3.63, 3.8) is 0 Å². The summed E-state index contributed by atoms with van der Waals surface area (Å²) in [5.41, 5.74) is 16.8. The second-order valence-electron chi connectivity index (χ2n) is 35.4. The van der Waals surface area contributed by atoms with E-state index in [0.29, 0.717) is 154 Å². The van der Waals surface area contributed by atoms with Gasteiger partial charge in [0.05, 0.1) is 108 Å². The molecule has 0 bridgehead atoms. The summed E-state index contributed by atoms with van der Waals surface area (Å²) in [6.45, 7) is 21.5. The third-order valence-electron chi connectivity index (χ3n) is 24.1. The van der Waals surface area contributed by atoms with E-state index in [1.165, 1.54) is 0 Å². The van der Waals surface area contributed by atoms with Crippen LogP contribution in [-0.2, 0) is 0 Å². The van der Waals surface area contributed by atoms with Crippen molar-refractivity contribution in [3.8, 4) is 174 Å². The second-order valence-corrected chi connectivity index (χ2v) is 35.4. The number of rotatable bonds is 52. The highest BCUT2D eigenvalue weighted by atomic mass is 16.5. The maximum Gasteiger partial charge on any atom is 0.136 e. The monoisotopic (exact) mass is 1830 g/mol. The molecule has 10 heteroatoms. The summed E-state index contributed by atoms with van der Waals surface area (Å²) in [5, 5.41) is 22.3. The van der Waals surface area contributed by atoms with Crippen molar-refractivity contribution in [2.24, 2.45) is 0 Å². The smallest absolute Gasteiger partial charge is 0.136 e. The molecule has 11 aromatic carbocycles. The molecule has 0 saturated heterocycles. The third-order valence-corrected chi connectivity index (χ3v) is 24.1. The SMILES string of the molecule is CCCCCCOc1cc(C#Cc2cc(OCCCCCC)c(C#Cc3cc(C#N)c(C#Cc4cc(OCCCCCC)c(C#Cc5cc(OCCCCCC)c(C#Cc6cc(-c7ccccc7)cc(-c7ccccc7)c6)cc5OCCCCCC)cc4OCCCCCC)cc3C#N)cc2OCCCCCC)c(OCCCCCC)cc1C#Cc1cc(-c2ccccc2)cc(-c2ccccc2)c1. The molecule has 0 radical (unpaired) electrons. The summed E-state index contributed by atoms with van der Waals surface area (Å²) in [5.74, 6) is 46.8. The van der Waals surface area contributed by atoms with Crippen molar-refractivity contribution in [1.29, 1.82) is 10.5 Å². The number of nitriles is 2. The minimum absolute atomic E-state index is 0.247. The molecule has 0 heterocycles. The fourth-order valence-electron chi connectivity index (χ4n) is 16.1. The van der Waals surface area contributed by atoms with E-state index in [0.717, 1.165) is 261 Å². The molecule has 0 atom stereocenters. The first-order chi connectivity index (χ1) is 68.0. The maximum atomic E-state index is 11.2. The molecule has 0 saturated carbocycles. The van der Waals surface area contributed by atoms with E-state index < -0.39 is 0 Å². The van der Waals surface area contributed by atoms with Crippen molar-refractivity contribution in [1.82, 2.24) is 0 Å². The van der Waals surface area contributed by atoms with Crippen LogP contribution in [0.15, 0.2) is 218 Å². The summed E-state index contributed by atoms with van der Waals surface area (Å²) in [7, 11) is 0.